The zero-order chi connectivity index (χ0) is 29.1. The third kappa shape index (κ3) is 5.97. The molecule has 0 bridgehead atoms. The Balaban J connectivity index is 1.38. The minimum absolute atomic E-state index is 0.0114. The van der Waals surface area contributed by atoms with Gasteiger partial charge in [-0.3, -0.25) is 14.5 Å². The summed E-state index contributed by atoms with van der Waals surface area (Å²) in [5.41, 5.74) is 0.852. The number of aryl methyl sites for hydroxylation is 1. The number of aromatic nitrogens is 4. The van der Waals surface area contributed by atoms with E-state index in [4.69, 9.17) is 13.9 Å². The van der Waals surface area contributed by atoms with Gasteiger partial charge in [0, 0.05) is 17.8 Å². The maximum absolute atomic E-state index is 14.2. The number of hydrogen-bond acceptors (Lipinski definition) is 8. The van der Waals surface area contributed by atoms with E-state index in [0.717, 1.165) is 36.9 Å². The molecule has 42 heavy (non-hydrogen) atoms. The van der Waals surface area contributed by atoms with Crippen LogP contribution in [0.2, 0.25) is 0 Å². The molecule has 2 aliphatic rings. The van der Waals surface area contributed by atoms with Gasteiger partial charge in [-0.05, 0) is 66.9 Å². The molecule has 1 saturated carbocycles. The predicted molar refractivity (Wildman–Crippen MR) is 149 cm³/mol. The maximum atomic E-state index is 14.2. The number of anilines is 1. The molecule has 3 heterocycles. The van der Waals surface area contributed by atoms with Crippen LogP contribution in [-0.4, -0.2) is 51.3 Å². The molecule has 1 aliphatic heterocycles. The minimum atomic E-state index is -1.11. The Morgan fingerprint density at radius 1 is 1.02 bits per heavy atom. The number of hydrogen-bond donors (Lipinski definition) is 1. The standard InChI is InChI=1S/C30H31FN6O5/c1-19-7-13-25(42-19)29-33-35-36(34-29)18-27(38)37(23-12-14-24-26(17-23)41-16-15-40-24)28(20-8-10-21(31)11-9-20)30(39)32-22-5-3-2-4-6-22/h7-14,17,22,28H,2-6,15-16,18H2,1H3,(H,32,39). The number of benzene rings is 2. The number of carbonyl (C=O) groups is 2. The first-order valence-electron chi connectivity index (χ1n) is 14.1. The Morgan fingerprint density at radius 3 is 2.52 bits per heavy atom. The monoisotopic (exact) mass is 574 g/mol. The summed E-state index contributed by atoms with van der Waals surface area (Å²) in [5, 5.41) is 15.5. The lowest BCUT2D eigenvalue weighted by atomic mass is 9.94. The van der Waals surface area contributed by atoms with Crippen LogP contribution in [0.25, 0.3) is 11.6 Å². The predicted octanol–water partition coefficient (Wildman–Crippen LogP) is 4.38. The van der Waals surface area contributed by atoms with Crippen LogP contribution >= 0.6 is 0 Å². The van der Waals surface area contributed by atoms with Gasteiger partial charge < -0.3 is 19.2 Å². The van der Waals surface area contributed by atoms with Crippen molar-refractivity contribution < 1.29 is 27.9 Å². The zero-order valence-electron chi connectivity index (χ0n) is 23.2. The third-order valence-electron chi connectivity index (χ3n) is 7.41. The molecule has 2 amide bonds. The first kappa shape index (κ1) is 27.4. The summed E-state index contributed by atoms with van der Waals surface area (Å²) in [6.07, 6.45) is 4.88. The lowest BCUT2D eigenvalue weighted by Crippen LogP contribution is -2.48. The number of rotatable bonds is 8. The average Bonchev–Trinajstić information content (AvgIpc) is 3.65. The lowest BCUT2D eigenvalue weighted by molar-refractivity contribution is -0.127. The van der Waals surface area contributed by atoms with Gasteiger partial charge in [-0.1, -0.05) is 31.4 Å². The summed E-state index contributed by atoms with van der Waals surface area (Å²) in [6.45, 7) is 2.24. The molecule has 6 rings (SSSR count). The molecular weight excluding hydrogens is 543 g/mol. The third-order valence-corrected chi connectivity index (χ3v) is 7.41. The van der Waals surface area contributed by atoms with Crippen molar-refractivity contribution in [2.24, 2.45) is 0 Å². The van der Waals surface area contributed by atoms with Crippen LogP contribution in [0.4, 0.5) is 10.1 Å². The Morgan fingerprint density at radius 2 is 1.79 bits per heavy atom. The summed E-state index contributed by atoms with van der Waals surface area (Å²) in [4.78, 5) is 30.7. The molecule has 218 valence electrons. The number of furan rings is 1. The van der Waals surface area contributed by atoms with E-state index in [1.807, 2.05) is 0 Å². The van der Waals surface area contributed by atoms with E-state index in [2.05, 4.69) is 20.7 Å². The van der Waals surface area contributed by atoms with E-state index in [1.165, 1.54) is 29.2 Å². The lowest BCUT2D eigenvalue weighted by Gasteiger charge is -2.34. The van der Waals surface area contributed by atoms with Gasteiger partial charge in [0.2, 0.25) is 11.7 Å². The molecule has 1 unspecified atom stereocenters. The van der Waals surface area contributed by atoms with Crippen molar-refractivity contribution in [3.8, 4) is 23.1 Å². The fourth-order valence-corrected chi connectivity index (χ4v) is 5.37. The molecule has 12 heteroatoms. The van der Waals surface area contributed by atoms with Crippen molar-refractivity contribution in [3.63, 3.8) is 0 Å². The molecule has 0 saturated heterocycles. The van der Waals surface area contributed by atoms with Gasteiger partial charge in [0.15, 0.2) is 17.3 Å². The number of amides is 2. The molecule has 11 nitrogen and oxygen atoms in total. The summed E-state index contributed by atoms with van der Waals surface area (Å²) in [5.74, 6) is 1.03. The fourth-order valence-electron chi connectivity index (χ4n) is 5.37. The van der Waals surface area contributed by atoms with Crippen LogP contribution in [0.5, 0.6) is 11.5 Å². The Labute approximate surface area is 241 Å². The number of halogens is 1. The van der Waals surface area contributed by atoms with E-state index in [-0.39, 0.29) is 24.3 Å². The highest BCUT2D eigenvalue weighted by atomic mass is 19.1. The Hall–Kier alpha value is -4.74. The first-order chi connectivity index (χ1) is 20.4. The van der Waals surface area contributed by atoms with E-state index in [0.29, 0.717) is 47.5 Å². The molecule has 1 N–H and O–H groups in total. The molecular formula is C30H31FN6O5. The van der Waals surface area contributed by atoms with Crippen LogP contribution < -0.4 is 19.7 Å². The number of nitrogens with one attached hydrogen (secondary N) is 1. The molecule has 1 atom stereocenters. The van der Waals surface area contributed by atoms with Gasteiger partial charge in [0.25, 0.3) is 5.91 Å². The highest BCUT2D eigenvalue weighted by Crippen LogP contribution is 2.37. The van der Waals surface area contributed by atoms with Gasteiger partial charge in [0.05, 0.1) is 0 Å². The molecule has 1 aliphatic carbocycles. The van der Waals surface area contributed by atoms with Crippen LogP contribution in [-0.2, 0) is 16.1 Å². The largest absolute Gasteiger partial charge is 0.486 e. The van der Waals surface area contributed by atoms with Crippen molar-refractivity contribution in [1.29, 1.82) is 0 Å². The summed E-state index contributed by atoms with van der Waals surface area (Å²) in [6, 6.07) is 13.0. The van der Waals surface area contributed by atoms with Crippen molar-refractivity contribution in [3.05, 3.63) is 71.7 Å². The maximum Gasteiger partial charge on any atom is 0.251 e. The summed E-state index contributed by atoms with van der Waals surface area (Å²) >= 11 is 0. The molecule has 1 fully saturated rings. The Bertz CT molecular complexity index is 1560. The van der Waals surface area contributed by atoms with Crippen LogP contribution in [0.1, 0.15) is 49.5 Å². The number of tetrazole rings is 1. The second-order valence-electron chi connectivity index (χ2n) is 10.4. The van der Waals surface area contributed by atoms with Gasteiger partial charge >= 0.3 is 0 Å². The molecule has 2 aromatic heterocycles. The zero-order valence-corrected chi connectivity index (χ0v) is 23.2. The minimum Gasteiger partial charge on any atom is -0.486 e. The SMILES string of the molecule is Cc1ccc(-c2nnn(CC(=O)N(c3ccc4c(c3)OCCO4)C(C(=O)NC3CCCCC3)c3ccc(F)cc3)n2)o1. The number of nitrogens with zero attached hydrogens (tertiary/aromatic N) is 5. The van der Waals surface area contributed by atoms with Gasteiger partial charge in [-0.2, -0.15) is 4.80 Å². The smallest absolute Gasteiger partial charge is 0.251 e. The second-order valence-corrected chi connectivity index (χ2v) is 10.4. The van der Waals surface area contributed by atoms with Gasteiger partial charge in [-0.15, -0.1) is 10.2 Å². The van der Waals surface area contributed by atoms with Crippen molar-refractivity contribution >= 4 is 17.5 Å². The van der Waals surface area contributed by atoms with Crippen LogP contribution in [0, 0.1) is 12.7 Å². The van der Waals surface area contributed by atoms with Crippen molar-refractivity contribution in [1.82, 2.24) is 25.5 Å². The highest BCUT2D eigenvalue weighted by Gasteiger charge is 2.35. The van der Waals surface area contributed by atoms with Crippen molar-refractivity contribution in [2.45, 2.75) is 57.7 Å². The quantitative estimate of drug-likeness (QED) is 0.329. The van der Waals surface area contributed by atoms with Crippen LogP contribution in [0.3, 0.4) is 0 Å². The topological polar surface area (TPSA) is 125 Å². The van der Waals surface area contributed by atoms with E-state index < -0.39 is 17.8 Å². The fraction of sp³-hybridized carbons (Fsp3) is 0.367. The van der Waals surface area contributed by atoms with E-state index >= 15 is 0 Å². The molecule has 4 aromatic rings. The van der Waals surface area contributed by atoms with E-state index in [1.54, 1.807) is 37.3 Å². The molecule has 0 radical (unpaired) electrons. The number of ether oxygens (including phenoxy) is 2. The molecule has 2 aromatic carbocycles. The normalized spacial score (nSPS) is 15.7. The average molecular weight is 575 g/mol. The summed E-state index contributed by atoms with van der Waals surface area (Å²) < 4.78 is 31.0. The van der Waals surface area contributed by atoms with Gasteiger partial charge in [-0.25, -0.2) is 4.39 Å². The highest BCUT2D eigenvalue weighted by molar-refractivity contribution is 6.01. The first-order valence-corrected chi connectivity index (χ1v) is 14.1. The van der Waals surface area contributed by atoms with Crippen LogP contribution in [0.15, 0.2) is 59.0 Å². The van der Waals surface area contributed by atoms with E-state index in [9.17, 15) is 14.0 Å². The molecule has 0 spiro atoms. The summed E-state index contributed by atoms with van der Waals surface area (Å²) in [7, 11) is 0. The van der Waals surface area contributed by atoms with Crippen molar-refractivity contribution in [2.75, 3.05) is 18.1 Å². The Kier molecular flexibility index (Phi) is 7.85. The van der Waals surface area contributed by atoms with Gasteiger partial charge in [0.1, 0.15) is 37.4 Å². The number of carbonyl (C=O) groups excluding carboxylic acids is 2. The second kappa shape index (κ2) is 12.0. The number of fused-ring (bicyclic) bond motifs is 1.